The van der Waals surface area contributed by atoms with Crippen LogP contribution in [-0.4, -0.2) is 12.0 Å². The van der Waals surface area contributed by atoms with Gasteiger partial charge in [0.05, 0.1) is 6.10 Å². The minimum atomic E-state index is -0.446. The Kier molecular flexibility index (Phi) is 5.54. The molecule has 0 fully saturated rings. The van der Waals surface area contributed by atoms with E-state index < -0.39 is 5.91 Å². The number of nitrogens with one attached hydrogen (secondary N) is 1. The highest BCUT2D eigenvalue weighted by Gasteiger charge is 2.10. The fourth-order valence-corrected chi connectivity index (χ4v) is 1.98. The molecule has 0 radical (unpaired) electrons. The van der Waals surface area contributed by atoms with Crippen molar-refractivity contribution in [2.45, 2.75) is 20.0 Å². The molecule has 0 saturated heterocycles. The predicted molar refractivity (Wildman–Crippen MR) is 90.9 cm³/mol. The number of nitriles is 1. The number of amides is 1. The molecule has 0 unspecified atom stereocenters. The first-order chi connectivity index (χ1) is 11.1. The highest BCUT2D eigenvalue weighted by atomic mass is 16.5. The van der Waals surface area contributed by atoms with E-state index in [4.69, 9.17) is 4.74 Å². The van der Waals surface area contributed by atoms with Crippen molar-refractivity contribution in [1.29, 1.82) is 5.26 Å². The highest BCUT2D eigenvalue weighted by molar-refractivity contribution is 6.09. The molecule has 4 nitrogen and oxygen atoms in total. The molecule has 1 N–H and O–H groups in total. The summed E-state index contributed by atoms with van der Waals surface area (Å²) in [5.74, 6) is 0.224. The van der Waals surface area contributed by atoms with Crippen LogP contribution in [0, 0.1) is 11.3 Å². The average molecular weight is 306 g/mol. The number of nitrogens with zero attached hydrogens (tertiary/aromatic N) is 1. The normalized spacial score (nSPS) is 11.0. The van der Waals surface area contributed by atoms with Crippen LogP contribution in [0.15, 0.2) is 60.2 Å². The van der Waals surface area contributed by atoms with Gasteiger partial charge in [0.2, 0.25) is 0 Å². The summed E-state index contributed by atoms with van der Waals surface area (Å²) in [6.07, 6.45) is 1.61. The van der Waals surface area contributed by atoms with Crippen LogP contribution < -0.4 is 10.1 Å². The molecule has 1 amide bonds. The number of hydrogen-bond acceptors (Lipinski definition) is 3. The van der Waals surface area contributed by atoms with E-state index >= 15 is 0 Å². The zero-order valence-electron chi connectivity index (χ0n) is 13.1. The Morgan fingerprint density at radius 2 is 1.91 bits per heavy atom. The molecular weight excluding hydrogens is 288 g/mol. The predicted octanol–water partition coefficient (Wildman–Crippen LogP) is 4.02. The Morgan fingerprint density at radius 3 is 2.57 bits per heavy atom. The van der Waals surface area contributed by atoms with Gasteiger partial charge in [-0.2, -0.15) is 5.26 Å². The second-order valence-electron chi connectivity index (χ2n) is 5.23. The minimum Gasteiger partial charge on any atom is -0.491 e. The summed E-state index contributed by atoms with van der Waals surface area (Å²) in [5.41, 5.74) is 1.44. The van der Waals surface area contributed by atoms with Crippen LogP contribution in [0.2, 0.25) is 0 Å². The Morgan fingerprint density at radius 1 is 1.17 bits per heavy atom. The summed E-state index contributed by atoms with van der Waals surface area (Å²) in [4.78, 5) is 12.2. The Bertz CT molecular complexity index is 743. The zero-order valence-corrected chi connectivity index (χ0v) is 13.1. The third-order valence-corrected chi connectivity index (χ3v) is 2.94. The summed E-state index contributed by atoms with van der Waals surface area (Å²) < 4.78 is 5.59. The van der Waals surface area contributed by atoms with Crippen LogP contribution in [0.25, 0.3) is 6.08 Å². The van der Waals surface area contributed by atoms with Crippen molar-refractivity contribution in [3.05, 3.63) is 65.7 Å². The zero-order chi connectivity index (χ0) is 16.7. The van der Waals surface area contributed by atoms with Crippen LogP contribution in [-0.2, 0) is 4.79 Å². The SMILES string of the molecule is CC(C)Oc1cccc(NC(=O)/C(C#N)=C\c2ccccc2)c1. The number of rotatable bonds is 5. The van der Waals surface area contributed by atoms with Crippen LogP contribution in [0.3, 0.4) is 0 Å². The molecule has 0 atom stereocenters. The molecule has 4 heteroatoms. The van der Waals surface area contributed by atoms with Crippen molar-refractivity contribution in [1.82, 2.24) is 0 Å². The topological polar surface area (TPSA) is 62.1 Å². The third kappa shape index (κ3) is 5.01. The molecule has 0 bridgehead atoms. The van der Waals surface area contributed by atoms with Gasteiger partial charge in [-0.25, -0.2) is 0 Å². The molecule has 2 aromatic rings. The van der Waals surface area contributed by atoms with E-state index in [0.29, 0.717) is 11.4 Å². The fourth-order valence-electron chi connectivity index (χ4n) is 1.98. The number of carbonyl (C=O) groups excluding carboxylic acids is 1. The van der Waals surface area contributed by atoms with Crippen molar-refractivity contribution in [3.63, 3.8) is 0 Å². The summed E-state index contributed by atoms with van der Waals surface area (Å²) in [6, 6.07) is 18.3. The number of hydrogen-bond donors (Lipinski definition) is 1. The number of ether oxygens (including phenoxy) is 1. The van der Waals surface area contributed by atoms with E-state index in [9.17, 15) is 10.1 Å². The second-order valence-corrected chi connectivity index (χ2v) is 5.23. The van der Waals surface area contributed by atoms with Gasteiger partial charge < -0.3 is 10.1 Å². The van der Waals surface area contributed by atoms with Crippen molar-refractivity contribution in [2.75, 3.05) is 5.32 Å². The number of carbonyl (C=O) groups is 1. The first-order valence-electron chi connectivity index (χ1n) is 7.33. The van der Waals surface area contributed by atoms with E-state index in [0.717, 1.165) is 5.56 Å². The van der Waals surface area contributed by atoms with Gasteiger partial charge in [-0.3, -0.25) is 4.79 Å². The Hall–Kier alpha value is -3.06. The first-order valence-corrected chi connectivity index (χ1v) is 7.33. The van der Waals surface area contributed by atoms with E-state index in [-0.39, 0.29) is 11.7 Å². The minimum absolute atomic E-state index is 0.0476. The largest absolute Gasteiger partial charge is 0.491 e. The lowest BCUT2D eigenvalue weighted by atomic mass is 10.1. The highest BCUT2D eigenvalue weighted by Crippen LogP contribution is 2.19. The second kappa shape index (κ2) is 7.81. The van der Waals surface area contributed by atoms with Crippen LogP contribution in [0.4, 0.5) is 5.69 Å². The molecule has 0 aliphatic rings. The molecule has 0 aliphatic heterocycles. The molecule has 0 heterocycles. The van der Waals surface area contributed by atoms with Gasteiger partial charge in [0.25, 0.3) is 5.91 Å². The molecule has 0 saturated carbocycles. The quantitative estimate of drug-likeness (QED) is 0.670. The summed E-state index contributed by atoms with van der Waals surface area (Å²) in [6.45, 7) is 3.86. The standard InChI is InChI=1S/C19H18N2O2/c1-14(2)23-18-10-6-9-17(12-18)21-19(22)16(13-20)11-15-7-4-3-5-8-15/h3-12,14H,1-2H3,(H,21,22)/b16-11-. The smallest absolute Gasteiger partial charge is 0.266 e. The maximum atomic E-state index is 12.2. The lowest BCUT2D eigenvalue weighted by Crippen LogP contribution is -2.13. The number of anilines is 1. The van der Waals surface area contributed by atoms with Crippen molar-refractivity contribution in [3.8, 4) is 11.8 Å². The van der Waals surface area contributed by atoms with Crippen molar-refractivity contribution >= 4 is 17.7 Å². The summed E-state index contributed by atoms with van der Waals surface area (Å²) >= 11 is 0. The van der Waals surface area contributed by atoms with E-state index in [1.165, 1.54) is 0 Å². The lowest BCUT2D eigenvalue weighted by molar-refractivity contribution is -0.112. The van der Waals surface area contributed by atoms with Crippen molar-refractivity contribution < 1.29 is 9.53 Å². The lowest BCUT2D eigenvalue weighted by Gasteiger charge is -2.11. The Labute approximate surface area is 136 Å². The molecule has 2 aromatic carbocycles. The van der Waals surface area contributed by atoms with Crippen LogP contribution in [0.1, 0.15) is 19.4 Å². The van der Waals surface area contributed by atoms with Gasteiger partial charge in [-0.05, 0) is 37.6 Å². The summed E-state index contributed by atoms with van der Waals surface area (Å²) in [5, 5.41) is 11.9. The molecule has 0 aromatic heterocycles. The van der Waals surface area contributed by atoms with Gasteiger partial charge in [-0.15, -0.1) is 0 Å². The molecule has 2 rings (SSSR count). The molecular formula is C19H18N2O2. The van der Waals surface area contributed by atoms with Gasteiger partial charge in [0.1, 0.15) is 17.4 Å². The first kappa shape index (κ1) is 16.3. The van der Waals surface area contributed by atoms with E-state index in [2.05, 4.69) is 5.32 Å². The monoisotopic (exact) mass is 306 g/mol. The van der Waals surface area contributed by atoms with Gasteiger partial charge in [0.15, 0.2) is 0 Å². The van der Waals surface area contributed by atoms with E-state index in [1.807, 2.05) is 56.3 Å². The average Bonchev–Trinajstić information content (AvgIpc) is 2.53. The number of benzene rings is 2. The van der Waals surface area contributed by atoms with Crippen LogP contribution >= 0.6 is 0 Å². The molecule has 0 aliphatic carbocycles. The van der Waals surface area contributed by atoms with Gasteiger partial charge >= 0.3 is 0 Å². The molecule has 116 valence electrons. The van der Waals surface area contributed by atoms with E-state index in [1.54, 1.807) is 24.3 Å². The van der Waals surface area contributed by atoms with Crippen LogP contribution in [0.5, 0.6) is 5.75 Å². The van der Waals surface area contributed by atoms with Gasteiger partial charge in [0, 0.05) is 11.8 Å². The van der Waals surface area contributed by atoms with Gasteiger partial charge in [-0.1, -0.05) is 36.4 Å². The maximum absolute atomic E-state index is 12.2. The summed E-state index contributed by atoms with van der Waals surface area (Å²) in [7, 11) is 0. The fraction of sp³-hybridized carbons (Fsp3) is 0.158. The maximum Gasteiger partial charge on any atom is 0.266 e. The van der Waals surface area contributed by atoms with Crippen molar-refractivity contribution in [2.24, 2.45) is 0 Å². The molecule has 23 heavy (non-hydrogen) atoms. The molecule has 0 spiro atoms. The Balaban J connectivity index is 2.14. The third-order valence-electron chi connectivity index (χ3n) is 2.94.